The average Bonchev–Trinajstić information content (AvgIpc) is 2.98. The number of carbonyl (C=O) groups excluding carboxylic acids is 1. The predicted octanol–water partition coefficient (Wildman–Crippen LogP) is 2.65. The van der Waals surface area contributed by atoms with E-state index in [1.165, 1.54) is 32.8 Å². The molecule has 1 aliphatic carbocycles. The number of furan rings is 1. The lowest BCUT2D eigenvalue weighted by molar-refractivity contribution is 0.0562. The van der Waals surface area contributed by atoms with Gasteiger partial charge in [-0.15, -0.1) is 0 Å². The summed E-state index contributed by atoms with van der Waals surface area (Å²) in [6.45, 7) is 0. The smallest absolute Gasteiger partial charge is 0.373 e. The molecule has 4 heteroatoms. The fourth-order valence-electron chi connectivity index (χ4n) is 2.48. The van der Waals surface area contributed by atoms with Gasteiger partial charge in [0.25, 0.3) is 0 Å². The fourth-order valence-corrected chi connectivity index (χ4v) is 2.48. The Morgan fingerprint density at radius 3 is 2.88 bits per heavy atom. The molecule has 0 bridgehead atoms. The summed E-state index contributed by atoms with van der Waals surface area (Å²) in [5.41, 5.74) is 6.08. The van der Waals surface area contributed by atoms with Gasteiger partial charge in [-0.05, 0) is 24.5 Å². The molecular weight excluding hydrogens is 218 g/mol. The number of hydrogen-bond acceptors (Lipinski definition) is 4. The Morgan fingerprint density at radius 2 is 2.24 bits per heavy atom. The molecule has 0 spiro atoms. The van der Waals surface area contributed by atoms with E-state index in [-0.39, 0.29) is 11.8 Å². The molecule has 1 atom stereocenters. The summed E-state index contributed by atoms with van der Waals surface area (Å²) < 4.78 is 10.00. The van der Waals surface area contributed by atoms with Crippen LogP contribution >= 0.6 is 0 Å². The molecule has 0 aromatic carbocycles. The van der Waals surface area contributed by atoms with Gasteiger partial charge in [-0.25, -0.2) is 4.79 Å². The first-order valence-corrected chi connectivity index (χ1v) is 6.14. The van der Waals surface area contributed by atoms with Gasteiger partial charge < -0.3 is 14.9 Å². The van der Waals surface area contributed by atoms with E-state index in [9.17, 15) is 4.79 Å². The van der Waals surface area contributed by atoms with Crippen LogP contribution < -0.4 is 5.73 Å². The molecule has 2 N–H and O–H groups in total. The van der Waals surface area contributed by atoms with Crippen molar-refractivity contribution >= 4 is 5.97 Å². The maximum Gasteiger partial charge on any atom is 0.373 e. The second-order valence-electron chi connectivity index (χ2n) is 4.69. The number of methoxy groups -OCH3 is 1. The van der Waals surface area contributed by atoms with E-state index in [4.69, 9.17) is 10.2 Å². The number of esters is 1. The molecule has 4 nitrogen and oxygen atoms in total. The Kier molecular flexibility index (Phi) is 3.84. The second kappa shape index (κ2) is 5.36. The van der Waals surface area contributed by atoms with Crippen LogP contribution in [0.5, 0.6) is 0 Å². The van der Waals surface area contributed by atoms with Gasteiger partial charge in [0, 0.05) is 0 Å². The Morgan fingerprint density at radius 1 is 1.53 bits per heavy atom. The molecule has 1 aliphatic rings. The van der Waals surface area contributed by atoms with E-state index in [1.54, 1.807) is 12.1 Å². The summed E-state index contributed by atoms with van der Waals surface area (Å²) >= 11 is 0. The highest BCUT2D eigenvalue weighted by atomic mass is 16.5. The monoisotopic (exact) mass is 237 g/mol. The Labute approximate surface area is 101 Å². The summed E-state index contributed by atoms with van der Waals surface area (Å²) in [4.78, 5) is 11.2. The van der Waals surface area contributed by atoms with Crippen LogP contribution in [0, 0.1) is 5.92 Å². The summed E-state index contributed by atoms with van der Waals surface area (Å²) in [7, 11) is 1.34. The topological polar surface area (TPSA) is 65.5 Å². The molecule has 0 amide bonds. The summed E-state index contributed by atoms with van der Waals surface area (Å²) in [5.74, 6) is 1.16. The lowest BCUT2D eigenvalue weighted by Gasteiger charge is -2.13. The molecule has 1 saturated carbocycles. The van der Waals surface area contributed by atoms with Crippen LogP contribution in [-0.4, -0.2) is 13.1 Å². The number of nitrogens with two attached hydrogens (primary N) is 1. The zero-order chi connectivity index (χ0) is 12.3. The lowest BCUT2D eigenvalue weighted by Crippen LogP contribution is -2.13. The zero-order valence-electron chi connectivity index (χ0n) is 10.1. The van der Waals surface area contributed by atoms with Crippen molar-refractivity contribution < 1.29 is 13.9 Å². The third-order valence-corrected chi connectivity index (χ3v) is 3.44. The highest BCUT2D eigenvalue weighted by Crippen LogP contribution is 2.32. The minimum Gasteiger partial charge on any atom is -0.463 e. The van der Waals surface area contributed by atoms with Crippen LogP contribution in [0.25, 0.3) is 0 Å². The van der Waals surface area contributed by atoms with Gasteiger partial charge in [0.1, 0.15) is 5.76 Å². The first-order valence-electron chi connectivity index (χ1n) is 6.14. The van der Waals surface area contributed by atoms with E-state index in [1.807, 2.05) is 0 Å². The third kappa shape index (κ3) is 2.88. The summed E-state index contributed by atoms with van der Waals surface area (Å²) in [5, 5.41) is 0. The summed E-state index contributed by atoms with van der Waals surface area (Å²) in [6.07, 6.45) is 6.08. The van der Waals surface area contributed by atoms with Crippen LogP contribution in [0.4, 0.5) is 0 Å². The highest BCUT2D eigenvalue weighted by Gasteiger charge is 2.21. The van der Waals surface area contributed by atoms with E-state index in [0.29, 0.717) is 11.7 Å². The van der Waals surface area contributed by atoms with Crippen molar-refractivity contribution in [1.29, 1.82) is 0 Å². The van der Waals surface area contributed by atoms with Gasteiger partial charge in [0.05, 0.1) is 13.2 Å². The molecule has 0 aliphatic heterocycles. The maximum atomic E-state index is 11.2. The molecule has 0 radical (unpaired) electrons. The van der Waals surface area contributed by atoms with Crippen molar-refractivity contribution in [2.75, 3.05) is 7.11 Å². The number of rotatable bonds is 4. The molecule has 2 rings (SSSR count). The maximum absolute atomic E-state index is 11.2. The number of hydrogen-bond donors (Lipinski definition) is 1. The van der Waals surface area contributed by atoms with Crippen LogP contribution in [0.3, 0.4) is 0 Å². The largest absolute Gasteiger partial charge is 0.463 e. The molecule has 1 aromatic heterocycles. The Balaban J connectivity index is 1.96. The van der Waals surface area contributed by atoms with Gasteiger partial charge in [-0.1, -0.05) is 25.7 Å². The van der Waals surface area contributed by atoms with Gasteiger partial charge in [-0.2, -0.15) is 0 Å². The number of ether oxygens (including phenoxy) is 1. The van der Waals surface area contributed by atoms with Crippen LogP contribution in [0.1, 0.15) is 54.5 Å². The minimum atomic E-state index is -0.454. The van der Waals surface area contributed by atoms with Crippen molar-refractivity contribution in [3.8, 4) is 0 Å². The van der Waals surface area contributed by atoms with Crippen molar-refractivity contribution in [2.45, 2.75) is 38.1 Å². The Bertz CT molecular complexity index is 380. The van der Waals surface area contributed by atoms with E-state index < -0.39 is 5.97 Å². The first-order chi connectivity index (χ1) is 8.20. The molecule has 0 saturated heterocycles. The molecular formula is C13H19NO3. The summed E-state index contributed by atoms with van der Waals surface area (Å²) in [6, 6.07) is 3.28. The van der Waals surface area contributed by atoms with Gasteiger partial charge >= 0.3 is 5.97 Å². The van der Waals surface area contributed by atoms with Gasteiger partial charge in [0.2, 0.25) is 5.76 Å². The van der Waals surface area contributed by atoms with Crippen molar-refractivity contribution in [2.24, 2.45) is 11.7 Å². The van der Waals surface area contributed by atoms with Crippen molar-refractivity contribution in [1.82, 2.24) is 0 Å². The van der Waals surface area contributed by atoms with E-state index in [2.05, 4.69) is 4.74 Å². The standard InChI is InChI=1S/C13H19NO3/c1-16-13(15)12-7-6-11(17-12)10(14)8-9-4-2-3-5-9/h6-7,9-10H,2-5,8,14H2,1H3. The SMILES string of the molecule is COC(=O)c1ccc(C(N)CC2CCCC2)o1. The molecule has 1 fully saturated rings. The minimum absolute atomic E-state index is 0.114. The molecule has 1 unspecified atom stereocenters. The normalized spacial score (nSPS) is 18.2. The first kappa shape index (κ1) is 12.2. The molecule has 1 aromatic rings. The second-order valence-corrected chi connectivity index (χ2v) is 4.69. The van der Waals surface area contributed by atoms with E-state index >= 15 is 0 Å². The van der Waals surface area contributed by atoms with Crippen LogP contribution in [0.2, 0.25) is 0 Å². The van der Waals surface area contributed by atoms with Crippen molar-refractivity contribution in [3.05, 3.63) is 23.7 Å². The number of carbonyl (C=O) groups is 1. The quantitative estimate of drug-likeness (QED) is 0.817. The molecule has 94 valence electrons. The highest BCUT2D eigenvalue weighted by molar-refractivity contribution is 5.86. The molecule has 17 heavy (non-hydrogen) atoms. The average molecular weight is 237 g/mol. The fraction of sp³-hybridized carbons (Fsp3) is 0.615. The van der Waals surface area contributed by atoms with Crippen LogP contribution in [0.15, 0.2) is 16.5 Å². The van der Waals surface area contributed by atoms with Crippen LogP contribution in [-0.2, 0) is 4.74 Å². The predicted molar refractivity (Wildman–Crippen MR) is 63.6 cm³/mol. The lowest BCUT2D eigenvalue weighted by atomic mass is 9.98. The Hall–Kier alpha value is -1.29. The van der Waals surface area contributed by atoms with Gasteiger partial charge in [-0.3, -0.25) is 0 Å². The third-order valence-electron chi connectivity index (χ3n) is 3.44. The van der Waals surface area contributed by atoms with Gasteiger partial charge in [0.15, 0.2) is 0 Å². The van der Waals surface area contributed by atoms with Crippen molar-refractivity contribution in [3.63, 3.8) is 0 Å². The zero-order valence-corrected chi connectivity index (χ0v) is 10.1. The molecule has 1 heterocycles. The van der Waals surface area contributed by atoms with E-state index in [0.717, 1.165) is 6.42 Å².